The lowest BCUT2D eigenvalue weighted by Gasteiger charge is -2.17. The van der Waals surface area contributed by atoms with Gasteiger partial charge in [0.1, 0.15) is 5.75 Å². The van der Waals surface area contributed by atoms with Crippen LogP contribution in [0.4, 0.5) is 0 Å². The summed E-state index contributed by atoms with van der Waals surface area (Å²) < 4.78 is 10.1. The summed E-state index contributed by atoms with van der Waals surface area (Å²) in [4.78, 5) is 11.3. The second-order valence-corrected chi connectivity index (χ2v) is 4.00. The molecule has 1 N–H and O–H groups in total. The van der Waals surface area contributed by atoms with Crippen molar-refractivity contribution in [2.24, 2.45) is 0 Å². The summed E-state index contributed by atoms with van der Waals surface area (Å²) in [6.07, 6.45) is -1.34. The number of aliphatic hydroxyl groups is 1. The number of aliphatic hydroxyl groups excluding tert-OH is 1. The van der Waals surface area contributed by atoms with Crippen molar-refractivity contribution >= 4 is 5.97 Å². The Morgan fingerprint density at radius 2 is 2.00 bits per heavy atom. The molecule has 0 spiro atoms. The standard InChI is InChI=1S/C13H18O4/c1-8-5-6-11(9(2)14)12(7-8)17-10(3)13(15)16-4/h5-7,9-10,14H,1-4H3/t9-,10?/m0/s1. The minimum Gasteiger partial charge on any atom is -0.479 e. The molecule has 0 radical (unpaired) electrons. The first-order valence-corrected chi connectivity index (χ1v) is 5.48. The van der Waals surface area contributed by atoms with Crippen LogP contribution in [0.2, 0.25) is 0 Å². The third-order valence-corrected chi connectivity index (χ3v) is 2.46. The summed E-state index contributed by atoms with van der Waals surface area (Å²) in [5.41, 5.74) is 1.66. The lowest BCUT2D eigenvalue weighted by atomic mass is 10.1. The van der Waals surface area contributed by atoms with Crippen LogP contribution in [0.15, 0.2) is 18.2 Å². The highest BCUT2D eigenvalue weighted by Gasteiger charge is 2.18. The predicted octanol–water partition coefficient (Wildman–Crippen LogP) is 1.99. The van der Waals surface area contributed by atoms with Crippen LogP contribution in [0.3, 0.4) is 0 Å². The molecule has 2 atom stereocenters. The van der Waals surface area contributed by atoms with Crippen molar-refractivity contribution in [3.63, 3.8) is 0 Å². The van der Waals surface area contributed by atoms with E-state index in [1.165, 1.54) is 7.11 Å². The Labute approximate surface area is 101 Å². The molecule has 0 aliphatic heterocycles. The van der Waals surface area contributed by atoms with Crippen LogP contribution in [0.5, 0.6) is 5.75 Å². The summed E-state index contributed by atoms with van der Waals surface area (Å²) in [6, 6.07) is 5.47. The van der Waals surface area contributed by atoms with E-state index in [-0.39, 0.29) is 0 Å². The predicted molar refractivity (Wildman–Crippen MR) is 63.9 cm³/mol. The van der Waals surface area contributed by atoms with Crippen molar-refractivity contribution < 1.29 is 19.4 Å². The van der Waals surface area contributed by atoms with Crippen LogP contribution in [0, 0.1) is 6.92 Å². The van der Waals surface area contributed by atoms with E-state index in [1.54, 1.807) is 26.0 Å². The summed E-state index contributed by atoms with van der Waals surface area (Å²) in [5.74, 6) is 0.0703. The molecule has 17 heavy (non-hydrogen) atoms. The van der Waals surface area contributed by atoms with E-state index in [0.717, 1.165) is 5.56 Å². The fraction of sp³-hybridized carbons (Fsp3) is 0.462. The minimum atomic E-state index is -0.695. The highest BCUT2D eigenvalue weighted by atomic mass is 16.6. The number of hydrogen-bond donors (Lipinski definition) is 1. The summed E-state index contributed by atoms with van der Waals surface area (Å²) in [5, 5.41) is 9.61. The number of aryl methyl sites for hydroxylation is 1. The summed E-state index contributed by atoms with van der Waals surface area (Å²) >= 11 is 0. The SMILES string of the molecule is COC(=O)C(C)Oc1cc(C)ccc1[C@H](C)O. The molecule has 0 aromatic heterocycles. The van der Waals surface area contributed by atoms with E-state index in [9.17, 15) is 9.90 Å². The fourth-order valence-corrected chi connectivity index (χ4v) is 1.49. The second kappa shape index (κ2) is 5.68. The molecular weight excluding hydrogens is 220 g/mol. The molecule has 0 aliphatic rings. The average molecular weight is 238 g/mol. The quantitative estimate of drug-likeness (QED) is 0.815. The summed E-state index contributed by atoms with van der Waals surface area (Å²) in [6.45, 7) is 5.18. The second-order valence-electron chi connectivity index (χ2n) is 4.00. The van der Waals surface area contributed by atoms with Gasteiger partial charge in [0.2, 0.25) is 0 Å². The van der Waals surface area contributed by atoms with Gasteiger partial charge in [-0.25, -0.2) is 4.79 Å². The zero-order chi connectivity index (χ0) is 13.0. The van der Waals surface area contributed by atoms with Gasteiger partial charge < -0.3 is 14.6 Å². The number of methoxy groups -OCH3 is 1. The Balaban J connectivity index is 2.96. The molecular formula is C13H18O4. The number of rotatable bonds is 4. The fourth-order valence-electron chi connectivity index (χ4n) is 1.49. The van der Waals surface area contributed by atoms with Gasteiger partial charge in [0, 0.05) is 5.56 Å². The molecule has 4 heteroatoms. The molecule has 1 aromatic carbocycles. The van der Waals surface area contributed by atoms with E-state index in [4.69, 9.17) is 4.74 Å². The molecule has 0 heterocycles. The topological polar surface area (TPSA) is 55.8 Å². The van der Waals surface area contributed by atoms with Crippen molar-refractivity contribution in [2.75, 3.05) is 7.11 Å². The number of carbonyl (C=O) groups excluding carboxylic acids is 1. The molecule has 0 fully saturated rings. The Kier molecular flexibility index (Phi) is 4.52. The zero-order valence-electron chi connectivity index (χ0n) is 10.6. The van der Waals surface area contributed by atoms with Crippen molar-refractivity contribution in [3.05, 3.63) is 29.3 Å². The van der Waals surface area contributed by atoms with Crippen LogP contribution < -0.4 is 4.74 Å². The van der Waals surface area contributed by atoms with E-state index < -0.39 is 18.2 Å². The molecule has 0 amide bonds. The number of carbonyl (C=O) groups is 1. The Hall–Kier alpha value is -1.55. The molecule has 0 aliphatic carbocycles. The van der Waals surface area contributed by atoms with Crippen LogP contribution in [-0.2, 0) is 9.53 Å². The van der Waals surface area contributed by atoms with Gasteiger partial charge in [0.15, 0.2) is 6.10 Å². The average Bonchev–Trinajstić information content (AvgIpc) is 2.27. The van der Waals surface area contributed by atoms with E-state index in [0.29, 0.717) is 11.3 Å². The molecule has 1 unspecified atom stereocenters. The lowest BCUT2D eigenvalue weighted by Crippen LogP contribution is -2.25. The van der Waals surface area contributed by atoms with Crippen LogP contribution in [0.1, 0.15) is 31.1 Å². The van der Waals surface area contributed by atoms with Gasteiger partial charge in [-0.1, -0.05) is 12.1 Å². The molecule has 94 valence electrons. The van der Waals surface area contributed by atoms with Gasteiger partial charge in [-0.15, -0.1) is 0 Å². The first-order chi connectivity index (χ1) is 7.95. The third-order valence-electron chi connectivity index (χ3n) is 2.46. The van der Waals surface area contributed by atoms with E-state index in [2.05, 4.69) is 4.74 Å². The van der Waals surface area contributed by atoms with Crippen LogP contribution >= 0.6 is 0 Å². The highest BCUT2D eigenvalue weighted by Crippen LogP contribution is 2.27. The van der Waals surface area contributed by atoms with Gasteiger partial charge in [0.25, 0.3) is 0 Å². The van der Waals surface area contributed by atoms with Crippen molar-refractivity contribution in [1.82, 2.24) is 0 Å². The maximum absolute atomic E-state index is 11.3. The number of ether oxygens (including phenoxy) is 2. The van der Waals surface area contributed by atoms with E-state index >= 15 is 0 Å². The Morgan fingerprint density at radius 1 is 1.35 bits per heavy atom. The van der Waals surface area contributed by atoms with Gasteiger partial charge in [0.05, 0.1) is 13.2 Å². The van der Waals surface area contributed by atoms with Gasteiger partial charge in [-0.3, -0.25) is 0 Å². The number of hydrogen-bond acceptors (Lipinski definition) is 4. The maximum Gasteiger partial charge on any atom is 0.346 e. The lowest BCUT2D eigenvalue weighted by molar-refractivity contribution is -0.148. The molecule has 0 saturated heterocycles. The monoisotopic (exact) mass is 238 g/mol. The smallest absolute Gasteiger partial charge is 0.346 e. The minimum absolute atomic E-state index is 0.442. The van der Waals surface area contributed by atoms with E-state index in [1.807, 2.05) is 13.0 Å². The largest absolute Gasteiger partial charge is 0.479 e. The van der Waals surface area contributed by atoms with Crippen LogP contribution in [-0.4, -0.2) is 24.3 Å². The first kappa shape index (κ1) is 13.5. The Bertz CT molecular complexity index is 398. The van der Waals surface area contributed by atoms with Crippen molar-refractivity contribution in [2.45, 2.75) is 33.0 Å². The molecule has 1 rings (SSSR count). The molecule has 0 saturated carbocycles. The number of esters is 1. The third kappa shape index (κ3) is 3.46. The van der Waals surface area contributed by atoms with Gasteiger partial charge in [-0.05, 0) is 32.4 Å². The normalized spacial score (nSPS) is 13.9. The van der Waals surface area contributed by atoms with Crippen molar-refractivity contribution in [1.29, 1.82) is 0 Å². The zero-order valence-corrected chi connectivity index (χ0v) is 10.6. The maximum atomic E-state index is 11.3. The Morgan fingerprint density at radius 3 is 2.53 bits per heavy atom. The van der Waals surface area contributed by atoms with Crippen LogP contribution in [0.25, 0.3) is 0 Å². The first-order valence-electron chi connectivity index (χ1n) is 5.48. The van der Waals surface area contributed by atoms with Crippen molar-refractivity contribution in [3.8, 4) is 5.75 Å². The number of benzene rings is 1. The van der Waals surface area contributed by atoms with Gasteiger partial charge in [-0.2, -0.15) is 0 Å². The molecule has 4 nitrogen and oxygen atoms in total. The van der Waals surface area contributed by atoms with Gasteiger partial charge >= 0.3 is 5.97 Å². The molecule has 1 aromatic rings. The molecule has 0 bridgehead atoms. The summed E-state index contributed by atoms with van der Waals surface area (Å²) in [7, 11) is 1.31. The highest BCUT2D eigenvalue weighted by molar-refractivity contribution is 5.74.